The van der Waals surface area contributed by atoms with Gasteiger partial charge in [-0.05, 0) is 64.2 Å². The molecule has 0 bridgehead atoms. The van der Waals surface area contributed by atoms with Crippen LogP contribution in [0.1, 0.15) is 5.56 Å². The highest BCUT2D eigenvalue weighted by atomic mass is 19.4. The van der Waals surface area contributed by atoms with Gasteiger partial charge in [-0.3, -0.25) is 9.97 Å². The Labute approximate surface area is 183 Å². The lowest BCUT2D eigenvalue weighted by Gasteiger charge is -2.09. The predicted octanol–water partition coefficient (Wildman–Crippen LogP) is 7.65. The molecule has 0 N–H and O–H groups in total. The van der Waals surface area contributed by atoms with Gasteiger partial charge in [0.2, 0.25) is 0 Å². The summed E-state index contributed by atoms with van der Waals surface area (Å²) in [7, 11) is 0. The van der Waals surface area contributed by atoms with Crippen molar-refractivity contribution in [1.29, 1.82) is 0 Å². The molecule has 5 heteroatoms. The van der Waals surface area contributed by atoms with Gasteiger partial charge in [-0.15, -0.1) is 0 Å². The molecule has 0 aliphatic carbocycles. The maximum absolute atomic E-state index is 12.8. The number of pyridine rings is 2. The fourth-order valence-electron chi connectivity index (χ4n) is 3.71. The van der Waals surface area contributed by atoms with Crippen LogP contribution in [0.15, 0.2) is 104 Å². The van der Waals surface area contributed by atoms with Crippen LogP contribution in [0.2, 0.25) is 0 Å². The Morgan fingerprint density at radius 1 is 0.531 bits per heavy atom. The molecule has 0 atom stereocenters. The third kappa shape index (κ3) is 3.97. The Bertz CT molecular complexity index is 1380. The van der Waals surface area contributed by atoms with Crippen molar-refractivity contribution >= 4 is 10.9 Å². The molecule has 0 spiro atoms. The van der Waals surface area contributed by atoms with Gasteiger partial charge in [0.15, 0.2) is 0 Å². The number of nitrogens with zero attached hydrogens (tertiary/aromatic N) is 2. The van der Waals surface area contributed by atoms with Gasteiger partial charge >= 0.3 is 6.18 Å². The summed E-state index contributed by atoms with van der Waals surface area (Å²) in [5, 5.41) is 0.969. The first-order valence-corrected chi connectivity index (χ1v) is 10.1. The van der Waals surface area contributed by atoms with Crippen LogP contribution in [0.5, 0.6) is 0 Å². The lowest BCUT2D eigenvalue weighted by Crippen LogP contribution is -2.03. The van der Waals surface area contributed by atoms with E-state index in [1.165, 1.54) is 12.1 Å². The quantitative estimate of drug-likeness (QED) is 0.296. The molecular formula is C27H17F3N2. The highest BCUT2D eigenvalue weighted by Crippen LogP contribution is 2.32. The second-order valence-electron chi connectivity index (χ2n) is 7.52. The van der Waals surface area contributed by atoms with Gasteiger partial charge in [-0.2, -0.15) is 13.2 Å². The Morgan fingerprint density at radius 3 is 1.72 bits per heavy atom. The summed E-state index contributed by atoms with van der Waals surface area (Å²) in [6, 6.07) is 25.2. The molecule has 2 nitrogen and oxygen atoms in total. The number of fused-ring (bicyclic) bond motifs is 1. The van der Waals surface area contributed by atoms with Gasteiger partial charge in [0.1, 0.15) is 0 Å². The van der Waals surface area contributed by atoms with Crippen LogP contribution in [0.25, 0.3) is 44.3 Å². The normalized spacial score (nSPS) is 11.6. The predicted molar refractivity (Wildman–Crippen MR) is 121 cm³/mol. The third-order valence-corrected chi connectivity index (χ3v) is 5.46. The monoisotopic (exact) mass is 426 g/mol. The Kier molecular flexibility index (Phi) is 4.94. The van der Waals surface area contributed by atoms with E-state index < -0.39 is 11.7 Å². The molecule has 0 aliphatic heterocycles. The van der Waals surface area contributed by atoms with E-state index >= 15 is 0 Å². The molecule has 5 rings (SSSR count). The SMILES string of the molecule is FC(F)(F)c1ccc(-c2ccc3cc(-c4ccc(-c5ccncc5)cc4)cnc3c2)cc1. The molecule has 0 radical (unpaired) electrons. The summed E-state index contributed by atoms with van der Waals surface area (Å²) in [6.45, 7) is 0. The largest absolute Gasteiger partial charge is 0.416 e. The van der Waals surface area contributed by atoms with Crippen LogP contribution in [-0.4, -0.2) is 9.97 Å². The zero-order valence-corrected chi connectivity index (χ0v) is 16.8. The topological polar surface area (TPSA) is 25.8 Å². The summed E-state index contributed by atoms with van der Waals surface area (Å²) in [5.41, 5.74) is 5.97. The smallest absolute Gasteiger partial charge is 0.265 e. The molecule has 3 aromatic carbocycles. The number of hydrogen-bond donors (Lipinski definition) is 0. The van der Waals surface area contributed by atoms with Crippen LogP contribution in [-0.2, 0) is 6.18 Å². The second kappa shape index (κ2) is 7.93. The van der Waals surface area contributed by atoms with Crippen LogP contribution in [0.3, 0.4) is 0 Å². The Balaban J connectivity index is 1.43. The first-order valence-electron chi connectivity index (χ1n) is 10.1. The molecule has 0 unspecified atom stereocenters. The van der Waals surface area contributed by atoms with Crippen molar-refractivity contribution in [2.75, 3.05) is 0 Å². The summed E-state index contributed by atoms with van der Waals surface area (Å²) < 4.78 is 38.4. The number of hydrogen-bond acceptors (Lipinski definition) is 2. The fourth-order valence-corrected chi connectivity index (χ4v) is 3.71. The van der Waals surface area contributed by atoms with E-state index in [0.29, 0.717) is 0 Å². The average Bonchev–Trinajstić information content (AvgIpc) is 2.83. The van der Waals surface area contributed by atoms with E-state index in [9.17, 15) is 13.2 Å². The first-order chi connectivity index (χ1) is 15.5. The maximum Gasteiger partial charge on any atom is 0.416 e. The molecule has 0 saturated heterocycles. The van der Waals surface area contributed by atoms with Gasteiger partial charge in [0.25, 0.3) is 0 Å². The Hall–Kier alpha value is -3.99. The van der Waals surface area contributed by atoms with Crippen molar-refractivity contribution in [3.8, 4) is 33.4 Å². The first kappa shape index (κ1) is 19.9. The molecule has 5 aromatic rings. The minimum absolute atomic E-state index is 0.653. The van der Waals surface area contributed by atoms with E-state index in [2.05, 4.69) is 40.3 Å². The van der Waals surface area contributed by atoms with Crippen LogP contribution < -0.4 is 0 Å². The van der Waals surface area contributed by atoms with Crippen molar-refractivity contribution < 1.29 is 13.2 Å². The minimum Gasteiger partial charge on any atom is -0.265 e. The highest BCUT2D eigenvalue weighted by Gasteiger charge is 2.29. The molecular weight excluding hydrogens is 409 g/mol. The van der Waals surface area contributed by atoms with Gasteiger partial charge in [0, 0.05) is 29.5 Å². The standard InChI is InChI=1S/C27H17F3N2/c28-27(29,30)25-9-7-19(8-10-25)22-5-6-23-15-24(17-32-26(23)16-22)20-3-1-18(2-4-20)21-11-13-31-14-12-21/h1-17H. The Morgan fingerprint density at radius 2 is 1.06 bits per heavy atom. The lowest BCUT2D eigenvalue weighted by molar-refractivity contribution is -0.137. The van der Waals surface area contributed by atoms with E-state index in [4.69, 9.17) is 0 Å². The van der Waals surface area contributed by atoms with Gasteiger partial charge < -0.3 is 0 Å². The average molecular weight is 426 g/mol. The van der Waals surface area contributed by atoms with Crippen LogP contribution in [0, 0.1) is 0 Å². The van der Waals surface area contributed by atoms with Gasteiger partial charge in [0.05, 0.1) is 11.1 Å². The molecule has 0 fully saturated rings. The third-order valence-electron chi connectivity index (χ3n) is 5.46. The fraction of sp³-hybridized carbons (Fsp3) is 0.0370. The van der Waals surface area contributed by atoms with E-state index in [1.54, 1.807) is 12.4 Å². The zero-order valence-electron chi connectivity index (χ0n) is 16.8. The van der Waals surface area contributed by atoms with Crippen LogP contribution >= 0.6 is 0 Å². The van der Waals surface area contributed by atoms with E-state index in [-0.39, 0.29) is 0 Å². The molecule has 2 heterocycles. The molecule has 32 heavy (non-hydrogen) atoms. The van der Waals surface area contributed by atoms with E-state index in [0.717, 1.165) is 56.4 Å². The van der Waals surface area contributed by atoms with Crippen molar-refractivity contribution in [2.45, 2.75) is 6.18 Å². The second-order valence-corrected chi connectivity index (χ2v) is 7.52. The lowest BCUT2D eigenvalue weighted by atomic mass is 9.99. The van der Waals surface area contributed by atoms with Crippen molar-refractivity contribution in [3.63, 3.8) is 0 Å². The maximum atomic E-state index is 12.8. The van der Waals surface area contributed by atoms with Crippen molar-refractivity contribution in [3.05, 3.63) is 109 Å². The number of aromatic nitrogens is 2. The molecule has 2 aromatic heterocycles. The summed E-state index contributed by atoms with van der Waals surface area (Å²) >= 11 is 0. The molecule has 156 valence electrons. The van der Waals surface area contributed by atoms with E-state index in [1.807, 2.05) is 36.5 Å². The summed E-state index contributed by atoms with van der Waals surface area (Å²) in [4.78, 5) is 8.64. The number of alkyl halides is 3. The zero-order chi connectivity index (χ0) is 22.1. The van der Waals surface area contributed by atoms with Crippen LogP contribution in [0.4, 0.5) is 13.2 Å². The van der Waals surface area contributed by atoms with Crippen molar-refractivity contribution in [2.24, 2.45) is 0 Å². The minimum atomic E-state index is -4.34. The number of rotatable bonds is 3. The summed E-state index contributed by atoms with van der Waals surface area (Å²) in [5.74, 6) is 0. The molecule has 0 saturated carbocycles. The van der Waals surface area contributed by atoms with Gasteiger partial charge in [-0.1, -0.05) is 48.5 Å². The molecule has 0 aliphatic rings. The molecule has 0 amide bonds. The highest BCUT2D eigenvalue weighted by molar-refractivity contribution is 5.87. The number of benzene rings is 3. The summed E-state index contributed by atoms with van der Waals surface area (Å²) in [6.07, 6.45) is 1.03. The van der Waals surface area contributed by atoms with Crippen molar-refractivity contribution in [1.82, 2.24) is 9.97 Å². The van der Waals surface area contributed by atoms with Gasteiger partial charge in [-0.25, -0.2) is 0 Å². The number of halogens is 3.